The van der Waals surface area contributed by atoms with Gasteiger partial charge in [0.25, 0.3) is 0 Å². The first-order chi connectivity index (χ1) is 13.6. The molecule has 0 saturated heterocycles. The third-order valence-electron chi connectivity index (χ3n) is 4.63. The maximum atomic E-state index is 13.2. The molecule has 5 heteroatoms. The van der Waals surface area contributed by atoms with E-state index in [2.05, 4.69) is 5.32 Å². The Morgan fingerprint density at radius 2 is 1.72 bits per heavy atom. The summed E-state index contributed by atoms with van der Waals surface area (Å²) in [4.78, 5) is 27.6. The topological polar surface area (TPSA) is 58.6 Å². The number of ether oxygens (including phenoxy) is 1. The van der Waals surface area contributed by atoms with Crippen LogP contribution in [0.3, 0.4) is 0 Å². The van der Waals surface area contributed by atoms with E-state index >= 15 is 0 Å². The number of rotatable bonds is 7. The maximum absolute atomic E-state index is 13.2. The number of hydrogen-bond donors (Lipinski definition) is 1. The zero-order chi connectivity index (χ0) is 21.6. The SMILES string of the molecule is COc1cccc(CN(C(=O)Cc2ccc(C)cc2)[C@H](C)C(=O)NC(C)(C)C)c1. The van der Waals surface area contributed by atoms with Crippen LogP contribution in [0.15, 0.2) is 48.5 Å². The lowest BCUT2D eigenvalue weighted by Gasteiger charge is -2.31. The van der Waals surface area contributed by atoms with E-state index in [-0.39, 0.29) is 23.8 Å². The van der Waals surface area contributed by atoms with Crippen molar-refractivity contribution >= 4 is 11.8 Å². The third kappa shape index (κ3) is 6.93. The molecule has 2 rings (SSSR count). The standard InChI is InChI=1S/C24H32N2O3/c1-17-10-12-19(13-11-17)15-22(27)26(18(2)23(28)25-24(3,4)5)16-20-8-7-9-21(14-20)29-6/h7-14,18H,15-16H2,1-6H3,(H,25,28)/t18-/m1/s1. The maximum Gasteiger partial charge on any atom is 0.242 e. The van der Waals surface area contributed by atoms with Crippen molar-refractivity contribution in [1.29, 1.82) is 0 Å². The van der Waals surface area contributed by atoms with E-state index in [4.69, 9.17) is 4.74 Å². The number of aryl methyl sites for hydroxylation is 1. The lowest BCUT2D eigenvalue weighted by Crippen LogP contribution is -2.52. The molecule has 2 aromatic carbocycles. The molecule has 0 aliphatic heterocycles. The van der Waals surface area contributed by atoms with Crippen LogP contribution in [0.2, 0.25) is 0 Å². The van der Waals surface area contributed by atoms with E-state index in [1.165, 1.54) is 0 Å². The van der Waals surface area contributed by atoms with Gasteiger partial charge in [-0.2, -0.15) is 0 Å². The van der Waals surface area contributed by atoms with Crippen molar-refractivity contribution < 1.29 is 14.3 Å². The van der Waals surface area contributed by atoms with Gasteiger partial charge in [0.15, 0.2) is 0 Å². The molecule has 0 saturated carbocycles. The number of hydrogen-bond acceptors (Lipinski definition) is 3. The summed E-state index contributed by atoms with van der Waals surface area (Å²) < 4.78 is 5.29. The second-order valence-electron chi connectivity index (χ2n) is 8.45. The van der Waals surface area contributed by atoms with Crippen LogP contribution in [0, 0.1) is 6.92 Å². The van der Waals surface area contributed by atoms with Crippen molar-refractivity contribution in [2.24, 2.45) is 0 Å². The largest absolute Gasteiger partial charge is 0.497 e. The second-order valence-corrected chi connectivity index (χ2v) is 8.45. The van der Waals surface area contributed by atoms with Gasteiger partial charge in [-0.25, -0.2) is 0 Å². The first-order valence-electron chi connectivity index (χ1n) is 9.89. The molecule has 5 nitrogen and oxygen atoms in total. The van der Waals surface area contributed by atoms with Crippen molar-refractivity contribution in [2.45, 2.75) is 59.2 Å². The molecule has 2 aromatic rings. The van der Waals surface area contributed by atoms with Crippen LogP contribution in [0.5, 0.6) is 5.75 Å². The number of carbonyl (C=O) groups is 2. The van der Waals surface area contributed by atoms with Crippen LogP contribution < -0.4 is 10.1 Å². The summed E-state index contributed by atoms with van der Waals surface area (Å²) in [6.07, 6.45) is 0.247. The molecule has 1 N–H and O–H groups in total. The Kier molecular flexibility index (Phi) is 7.43. The number of amides is 2. The molecule has 0 aliphatic carbocycles. The van der Waals surface area contributed by atoms with Crippen LogP contribution in [0.4, 0.5) is 0 Å². The predicted octanol–water partition coefficient (Wildman–Crippen LogP) is 3.88. The fourth-order valence-corrected chi connectivity index (χ4v) is 3.01. The van der Waals surface area contributed by atoms with Crippen molar-refractivity contribution in [2.75, 3.05) is 7.11 Å². The Morgan fingerprint density at radius 1 is 1.07 bits per heavy atom. The van der Waals surface area contributed by atoms with Crippen molar-refractivity contribution in [3.05, 3.63) is 65.2 Å². The lowest BCUT2D eigenvalue weighted by molar-refractivity contribution is -0.140. The highest BCUT2D eigenvalue weighted by Crippen LogP contribution is 2.18. The molecule has 0 heterocycles. The fraction of sp³-hybridized carbons (Fsp3) is 0.417. The Morgan fingerprint density at radius 3 is 2.31 bits per heavy atom. The van der Waals surface area contributed by atoms with Gasteiger partial charge >= 0.3 is 0 Å². The second kappa shape index (κ2) is 9.59. The van der Waals surface area contributed by atoms with Crippen molar-refractivity contribution in [3.8, 4) is 5.75 Å². The average molecular weight is 397 g/mol. The minimum atomic E-state index is -0.599. The van der Waals surface area contributed by atoms with Gasteiger partial charge in [0, 0.05) is 12.1 Å². The third-order valence-corrected chi connectivity index (χ3v) is 4.63. The van der Waals surface area contributed by atoms with Gasteiger partial charge < -0.3 is 15.0 Å². The minimum Gasteiger partial charge on any atom is -0.497 e. The Balaban J connectivity index is 2.26. The first-order valence-corrected chi connectivity index (χ1v) is 9.89. The van der Waals surface area contributed by atoms with Crippen LogP contribution in [-0.2, 0) is 22.6 Å². The summed E-state index contributed by atoms with van der Waals surface area (Å²) in [5, 5.41) is 2.98. The molecule has 29 heavy (non-hydrogen) atoms. The van der Waals surface area contributed by atoms with E-state index in [9.17, 15) is 9.59 Å². The highest BCUT2D eigenvalue weighted by Gasteiger charge is 2.28. The highest BCUT2D eigenvalue weighted by atomic mass is 16.5. The van der Waals surface area contributed by atoms with Crippen molar-refractivity contribution in [3.63, 3.8) is 0 Å². The summed E-state index contributed by atoms with van der Waals surface area (Å²) in [7, 11) is 1.61. The van der Waals surface area contributed by atoms with Crippen LogP contribution in [-0.4, -0.2) is 35.4 Å². The Labute approximate surface area is 174 Å². The predicted molar refractivity (Wildman–Crippen MR) is 116 cm³/mol. The van der Waals surface area contributed by atoms with Gasteiger partial charge in [0.05, 0.1) is 13.5 Å². The van der Waals surface area contributed by atoms with Crippen LogP contribution in [0.25, 0.3) is 0 Å². The molecule has 0 spiro atoms. The monoisotopic (exact) mass is 396 g/mol. The van der Waals surface area contributed by atoms with Gasteiger partial charge in [-0.05, 0) is 57.9 Å². The van der Waals surface area contributed by atoms with Crippen LogP contribution >= 0.6 is 0 Å². The van der Waals surface area contributed by atoms with E-state index in [0.717, 1.165) is 22.4 Å². The molecule has 0 unspecified atom stereocenters. The van der Waals surface area contributed by atoms with Gasteiger partial charge in [0.2, 0.25) is 11.8 Å². The summed E-state index contributed by atoms with van der Waals surface area (Å²) in [5.41, 5.74) is 2.62. The summed E-state index contributed by atoms with van der Waals surface area (Å²) >= 11 is 0. The fourth-order valence-electron chi connectivity index (χ4n) is 3.01. The smallest absolute Gasteiger partial charge is 0.242 e. The molecule has 0 bridgehead atoms. The zero-order valence-electron chi connectivity index (χ0n) is 18.3. The minimum absolute atomic E-state index is 0.0896. The van der Waals surface area contributed by atoms with Crippen molar-refractivity contribution in [1.82, 2.24) is 10.2 Å². The normalized spacial score (nSPS) is 12.2. The van der Waals surface area contributed by atoms with Gasteiger partial charge in [-0.1, -0.05) is 42.0 Å². The molecule has 0 aromatic heterocycles. The molecule has 0 radical (unpaired) electrons. The van der Waals surface area contributed by atoms with E-state index in [1.807, 2.05) is 76.2 Å². The Bertz CT molecular complexity index is 838. The van der Waals surface area contributed by atoms with E-state index in [1.54, 1.807) is 18.9 Å². The summed E-state index contributed by atoms with van der Waals surface area (Å²) in [5.74, 6) is 0.464. The molecule has 2 amide bonds. The number of methoxy groups -OCH3 is 1. The molecule has 0 fully saturated rings. The van der Waals surface area contributed by atoms with E-state index < -0.39 is 6.04 Å². The quantitative estimate of drug-likeness (QED) is 0.773. The van der Waals surface area contributed by atoms with Crippen LogP contribution in [0.1, 0.15) is 44.4 Å². The first kappa shape index (κ1) is 22.5. The van der Waals surface area contributed by atoms with E-state index in [0.29, 0.717) is 6.54 Å². The van der Waals surface area contributed by atoms with Gasteiger partial charge in [-0.3, -0.25) is 9.59 Å². The summed E-state index contributed by atoms with van der Waals surface area (Å²) in [6.45, 7) is 9.91. The lowest BCUT2D eigenvalue weighted by atomic mass is 10.1. The van der Waals surface area contributed by atoms with Gasteiger partial charge in [-0.15, -0.1) is 0 Å². The number of nitrogens with one attached hydrogen (secondary N) is 1. The molecular formula is C24H32N2O3. The average Bonchev–Trinajstić information content (AvgIpc) is 2.66. The number of nitrogens with zero attached hydrogens (tertiary/aromatic N) is 1. The molecule has 156 valence electrons. The highest BCUT2D eigenvalue weighted by molar-refractivity contribution is 5.88. The Hall–Kier alpha value is -2.82. The molecular weight excluding hydrogens is 364 g/mol. The molecule has 1 atom stereocenters. The zero-order valence-corrected chi connectivity index (χ0v) is 18.3. The molecule has 0 aliphatic rings. The van der Waals surface area contributed by atoms with Gasteiger partial charge in [0.1, 0.15) is 11.8 Å². The number of carbonyl (C=O) groups excluding carboxylic acids is 2. The number of benzene rings is 2. The summed E-state index contributed by atoms with van der Waals surface area (Å²) in [6, 6.07) is 14.9.